The Kier molecular flexibility index (Phi) is 5.74. The quantitative estimate of drug-likeness (QED) is 0.327. The van der Waals surface area contributed by atoms with Gasteiger partial charge in [0.05, 0.1) is 18.8 Å². The van der Waals surface area contributed by atoms with Gasteiger partial charge in [0.15, 0.2) is 6.29 Å². The number of rotatable bonds is 3. The summed E-state index contributed by atoms with van der Waals surface area (Å²) in [6.45, 7) is 4.89. The van der Waals surface area contributed by atoms with Crippen molar-refractivity contribution in [2.75, 3.05) is 33.4 Å². The standard InChI is InChI=1S/C17H28ClN7O2/c1-10(21-11-3-6-26-7-4-11)13-16(19-2)27-8-5-25-15-12(14(18)24-25)9-20-17(22-13)23-15/h9,11,14,16-17,19,21-24H,3-8H2,1-2H3/b13-10+. The van der Waals surface area contributed by atoms with Gasteiger partial charge in [-0.25, -0.2) is 10.4 Å². The van der Waals surface area contributed by atoms with Crippen molar-refractivity contribution in [1.82, 2.24) is 31.7 Å². The Morgan fingerprint density at radius 2 is 2.11 bits per heavy atom. The van der Waals surface area contributed by atoms with E-state index in [0.717, 1.165) is 48.8 Å². The third kappa shape index (κ3) is 4.02. The maximum absolute atomic E-state index is 6.36. The first-order chi connectivity index (χ1) is 13.2. The van der Waals surface area contributed by atoms with Gasteiger partial charge in [-0.3, -0.25) is 10.3 Å². The fraction of sp³-hybridized carbons (Fsp3) is 0.706. The number of allylic oxidation sites excluding steroid dienone is 1. The van der Waals surface area contributed by atoms with Crippen molar-refractivity contribution in [2.24, 2.45) is 4.99 Å². The van der Waals surface area contributed by atoms with Gasteiger partial charge in [-0.1, -0.05) is 11.6 Å². The first kappa shape index (κ1) is 18.8. The zero-order valence-corrected chi connectivity index (χ0v) is 16.5. The summed E-state index contributed by atoms with van der Waals surface area (Å²) in [6.07, 6.45) is 3.28. The number of likely N-dealkylation sites (N-methyl/N-ethyl adjacent to an activating group) is 1. The van der Waals surface area contributed by atoms with Crippen LogP contribution in [0.3, 0.4) is 0 Å². The third-order valence-corrected chi connectivity index (χ3v) is 5.52. The molecule has 0 amide bonds. The van der Waals surface area contributed by atoms with Gasteiger partial charge in [-0.2, -0.15) is 0 Å². The Balaban J connectivity index is 1.56. The molecule has 0 aromatic carbocycles. The maximum atomic E-state index is 6.36. The molecule has 0 aromatic rings. The second kappa shape index (κ2) is 8.24. The lowest BCUT2D eigenvalue weighted by Gasteiger charge is -2.34. The molecule has 150 valence electrons. The van der Waals surface area contributed by atoms with Gasteiger partial charge in [0.1, 0.15) is 17.5 Å². The highest BCUT2D eigenvalue weighted by molar-refractivity contribution is 6.24. The van der Waals surface area contributed by atoms with Crippen molar-refractivity contribution < 1.29 is 9.47 Å². The fourth-order valence-corrected chi connectivity index (χ4v) is 4.01. The second-order valence-corrected chi connectivity index (χ2v) is 7.46. The van der Waals surface area contributed by atoms with E-state index in [1.807, 2.05) is 18.3 Å². The number of fused-ring (bicyclic) bond motifs is 1. The summed E-state index contributed by atoms with van der Waals surface area (Å²) >= 11 is 6.36. The molecule has 4 heterocycles. The average molecular weight is 398 g/mol. The third-order valence-electron chi connectivity index (χ3n) is 5.18. The fourth-order valence-electron chi connectivity index (χ4n) is 3.73. The number of hydrogen-bond donors (Lipinski definition) is 5. The Bertz CT molecular complexity index is 647. The Labute approximate surface area is 164 Å². The summed E-state index contributed by atoms with van der Waals surface area (Å²) < 4.78 is 11.6. The van der Waals surface area contributed by atoms with Crippen LogP contribution in [0.2, 0.25) is 0 Å². The summed E-state index contributed by atoms with van der Waals surface area (Å²) in [5.74, 6) is 0.948. The molecule has 2 bridgehead atoms. The van der Waals surface area contributed by atoms with Gasteiger partial charge in [-0.15, -0.1) is 0 Å². The van der Waals surface area contributed by atoms with Gasteiger partial charge in [0.2, 0.25) is 0 Å². The molecule has 3 atom stereocenters. The Morgan fingerprint density at radius 3 is 2.89 bits per heavy atom. The van der Waals surface area contributed by atoms with Crippen molar-refractivity contribution in [3.63, 3.8) is 0 Å². The highest BCUT2D eigenvalue weighted by Gasteiger charge is 2.34. The number of aliphatic imine (C=N–C) groups is 1. The molecule has 4 rings (SSSR count). The molecule has 2 fully saturated rings. The lowest BCUT2D eigenvalue weighted by atomic mass is 10.1. The molecule has 27 heavy (non-hydrogen) atoms. The highest BCUT2D eigenvalue weighted by atomic mass is 35.5. The smallest absolute Gasteiger partial charge is 0.195 e. The summed E-state index contributed by atoms with van der Waals surface area (Å²) in [6, 6.07) is 0.407. The van der Waals surface area contributed by atoms with Gasteiger partial charge in [0, 0.05) is 36.7 Å². The van der Waals surface area contributed by atoms with Crippen LogP contribution >= 0.6 is 11.6 Å². The molecule has 0 aliphatic carbocycles. The number of nitrogens with one attached hydrogen (secondary N) is 5. The molecule has 0 radical (unpaired) electrons. The number of hydrogen-bond acceptors (Lipinski definition) is 9. The van der Waals surface area contributed by atoms with E-state index in [1.165, 1.54) is 0 Å². The molecular weight excluding hydrogens is 370 g/mol. The van der Waals surface area contributed by atoms with Crippen molar-refractivity contribution >= 4 is 17.8 Å². The van der Waals surface area contributed by atoms with E-state index in [1.54, 1.807) is 0 Å². The first-order valence-corrected chi connectivity index (χ1v) is 9.91. The molecular formula is C17H28ClN7O2. The first-order valence-electron chi connectivity index (χ1n) is 9.48. The van der Waals surface area contributed by atoms with Crippen LogP contribution in [-0.2, 0) is 9.47 Å². The highest BCUT2D eigenvalue weighted by Crippen LogP contribution is 2.24. The van der Waals surface area contributed by atoms with Gasteiger partial charge < -0.3 is 25.4 Å². The summed E-state index contributed by atoms with van der Waals surface area (Å²) in [5.41, 5.74) is 5.89. The van der Waals surface area contributed by atoms with Crippen LogP contribution in [0, 0.1) is 0 Å². The maximum Gasteiger partial charge on any atom is 0.195 e. The number of nitrogens with zero attached hydrogens (tertiary/aromatic N) is 2. The van der Waals surface area contributed by atoms with E-state index in [2.05, 4.69) is 38.6 Å². The van der Waals surface area contributed by atoms with Gasteiger partial charge >= 0.3 is 0 Å². The number of hydrazine groups is 1. The zero-order valence-electron chi connectivity index (χ0n) is 15.7. The second-order valence-electron chi connectivity index (χ2n) is 7.03. The van der Waals surface area contributed by atoms with Crippen LogP contribution in [-0.4, -0.2) is 68.7 Å². The van der Waals surface area contributed by atoms with Crippen LogP contribution in [0.1, 0.15) is 19.8 Å². The van der Waals surface area contributed by atoms with Crippen LogP contribution in [0.25, 0.3) is 0 Å². The molecule has 4 aliphatic heterocycles. The predicted molar refractivity (Wildman–Crippen MR) is 104 cm³/mol. The van der Waals surface area contributed by atoms with Crippen LogP contribution in [0.5, 0.6) is 0 Å². The molecule has 5 N–H and O–H groups in total. The number of halogens is 1. The molecule has 3 unspecified atom stereocenters. The average Bonchev–Trinajstić information content (AvgIpc) is 3.00. The summed E-state index contributed by atoms with van der Waals surface area (Å²) in [4.78, 5) is 4.58. The summed E-state index contributed by atoms with van der Waals surface area (Å²) in [5, 5.41) is 15.8. The minimum atomic E-state index is -0.297. The topological polar surface area (TPSA) is 94.2 Å². The lowest BCUT2D eigenvalue weighted by molar-refractivity contribution is 0.0307. The molecule has 0 aromatic heterocycles. The molecule has 4 aliphatic rings. The molecule has 2 saturated heterocycles. The molecule has 0 spiro atoms. The van der Waals surface area contributed by atoms with Crippen molar-refractivity contribution in [2.45, 2.75) is 43.8 Å². The van der Waals surface area contributed by atoms with Crippen molar-refractivity contribution in [1.29, 1.82) is 0 Å². The zero-order chi connectivity index (χ0) is 18.8. The SMILES string of the molecule is CNC1OCCN2NC(Cl)C3=C2NC(N=C3)N/C1=C(\C)NC1CCOCC1. The lowest BCUT2D eigenvalue weighted by Crippen LogP contribution is -2.53. The van der Waals surface area contributed by atoms with Crippen molar-refractivity contribution in [3.05, 3.63) is 22.8 Å². The number of alkyl halides is 1. The molecule has 0 saturated carbocycles. The minimum Gasteiger partial charge on any atom is -0.384 e. The van der Waals surface area contributed by atoms with E-state index in [4.69, 9.17) is 21.1 Å². The van der Waals surface area contributed by atoms with Crippen LogP contribution in [0.15, 0.2) is 27.8 Å². The van der Waals surface area contributed by atoms with E-state index < -0.39 is 0 Å². The van der Waals surface area contributed by atoms with Gasteiger partial charge in [0.25, 0.3) is 0 Å². The Morgan fingerprint density at radius 1 is 1.30 bits per heavy atom. The van der Waals surface area contributed by atoms with Gasteiger partial charge in [-0.05, 0) is 26.8 Å². The summed E-state index contributed by atoms with van der Waals surface area (Å²) in [7, 11) is 1.89. The predicted octanol–water partition coefficient (Wildman–Crippen LogP) is -0.294. The number of ether oxygens (including phenoxy) is 2. The molecule has 10 heteroatoms. The molecule has 9 nitrogen and oxygen atoms in total. The largest absolute Gasteiger partial charge is 0.384 e. The van der Waals surface area contributed by atoms with E-state index >= 15 is 0 Å². The normalized spacial score (nSPS) is 33.4. The van der Waals surface area contributed by atoms with E-state index in [-0.39, 0.29) is 18.0 Å². The van der Waals surface area contributed by atoms with Crippen molar-refractivity contribution in [3.8, 4) is 0 Å². The van der Waals surface area contributed by atoms with Crippen LogP contribution in [0.4, 0.5) is 0 Å². The minimum absolute atomic E-state index is 0.268. The van der Waals surface area contributed by atoms with E-state index in [9.17, 15) is 0 Å². The monoisotopic (exact) mass is 397 g/mol. The Hall–Kier alpha value is -1.52. The van der Waals surface area contributed by atoms with Crippen LogP contribution < -0.4 is 26.7 Å². The van der Waals surface area contributed by atoms with E-state index in [0.29, 0.717) is 19.2 Å².